The largest absolute Gasteiger partial charge is 0.493 e. The fraction of sp³-hybridized carbons (Fsp3) is 0.368. The second kappa shape index (κ2) is 9.75. The van der Waals surface area contributed by atoms with Gasteiger partial charge in [-0.05, 0) is 25.5 Å². The average Bonchev–Trinajstić information content (AvgIpc) is 3.36. The number of anilines is 1. The van der Waals surface area contributed by atoms with Crippen LogP contribution in [0.2, 0.25) is 0 Å². The van der Waals surface area contributed by atoms with Crippen molar-refractivity contribution < 1.29 is 14.3 Å². The van der Waals surface area contributed by atoms with Gasteiger partial charge in [0.1, 0.15) is 0 Å². The molecular weight excluding hydrogens is 410 g/mol. The number of amides is 1. The van der Waals surface area contributed by atoms with Gasteiger partial charge in [-0.25, -0.2) is 4.98 Å². The number of ether oxygens (including phenoxy) is 2. The van der Waals surface area contributed by atoms with Crippen LogP contribution in [0.1, 0.15) is 32.2 Å². The van der Waals surface area contributed by atoms with Crippen molar-refractivity contribution in [2.45, 2.75) is 36.8 Å². The van der Waals surface area contributed by atoms with E-state index in [1.54, 1.807) is 13.3 Å². The molecule has 2 atom stereocenters. The number of hydrogen-bond acceptors (Lipinski definition) is 8. The van der Waals surface area contributed by atoms with E-state index in [0.717, 1.165) is 0 Å². The molecule has 8 nitrogen and oxygen atoms in total. The highest BCUT2D eigenvalue weighted by molar-refractivity contribution is 8.00. The van der Waals surface area contributed by atoms with Gasteiger partial charge >= 0.3 is 0 Å². The van der Waals surface area contributed by atoms with Crippen LogP contribution in [0.4, 0.5) is 5.13 Å². The maximum absolute atomic E-state index is 12.5. The first-order chi connectivity index (χ1) is 14.0. The Morgan fingerprint density at radius 2 is 2.07 bits per heavy atom. The Balaban J connectivity index is 1.69. The summed E-state index contributed by atoms with van der Waals surface area (Å²) in [6.07, 6.45) is 1.96. The maximum atomic E-state index is 12.5. The smallest absolute Gasteiger partial charge is 0.239 e. The molecule has 2 heterocycles. The van der Waals surface area contributed by atoms with Gasteiger partial charge in [0.15, 0.2) is 33.7 Å². The van der Waals surface area contributed by atoms with E-state index in [-0.39, 0.29) is 17.3 Å². The number of thiazole rings is 1. The summed E-state index contributed by atoms with van der Waals surface area (Å²) in [5.41, 5.74) is 0. The zero-order chi connectivity index (χ0) is 20.8. The van der Waals surface area contributed by atoms with Gasteiger partial charge in [0.2, 0.25) is 5.91 Å². The zero-order valence-corrected chi connectivity index (χ0v) is 18.3. The van der Waals surface area contributed by atoms with Gasteiger partial charge in [-0.2, -0.15) is 0 Å². The molecule has 0 saturated carbocycles. The molecule has 10 heteroatoms. The Hall–Kier alpha value is -2.59. The first kappa shape index (κ1) is 21.1. The molecule has 29 heavy (non-hydrogen) atoms. The molecule has 1 amide bonds. The van der Waals surface area contributed by atoms with Crippen molar-refractivity contribution in [3.63, 3.8) is 0 Å². The summed E-state index contributed by atoms with van der Waals surface area (Å²) in [5.74, 6) is 1.85. The Labute approximate surface area is 177 Å². The van der Waals surface area contributed by atoms with Crippen molar-refractivity contribution in [2.24, 2.45) is 7.05 Å². The van der Waals surface area contributed by atoms with Crippen LogP contribution in [-0.4, -0.2) is 38.0 Å². The molecule has 0 bridgehead atoms. The molecule has 3 rings (SSSR count). The van der Waals surface area contributed by atoms with Crippen LogP contribution in [-0.2, 0) is 11.8 Å². The number of aromatic nitrogens is 4. The molecule has 0 aliphatic carbocycles. The lowest BCUT2D eigenvalue weighted by atomic mass is 10.3. The van der Waals surface area contributed by atoms with Gasteiger partial charge < -0.3 is 19.4 Å². The Kier molecular flexibility index (Phi) is 7.10. The number of carbonyl (C=O) groups is 1. The molecule has 1 aromatic carbocycles. The molecule has 2 aromatic heterocycles. The second-order valence-electron chi connectivity index (χ2n) is 6.15. The fourth-order valence-corrected chi connectivity index (χ4v) is 4.12. The van der Waals surface area contributed by atoms with Crippen molar-refractivity contribution in [2.75, 3.05) is 12.4 Å². The van der Waals surface area contributed by atoms with E-state index in [4.69, 9.17) is 9.47 Å². The van der Waals surface area contributed by atoms with E-state index in [1.807, 2.05) is 55.1 Å². The van der Waals surface area contributed by atoms with Gasteiger partial charge in [0.25, 0.3) is 0 Å². The first-order valence-electron chi connectivity index (χ1n) is 9.09. The van der Waals surface area contributed by atoms with E-state index < -0.39 is 0 Å². The van der Waals surface area contributed by atoms with Crippen molar-refractivity contribution in [3.05, 3.63) is 41.7 Å². The third kappa shape index (κ3) is 5.07. The van der Waals surface area contributed by atoms with Crippen LogP contribution in [0.5, 0.6) is 11.5 Å². The highest BCUT2D eigenvalue weighted by Crippen LogP contribution is 2.31. The minimum atomic E-state index is -0.345. The zero-order valence-electron chi connectivity index (χ0n) is 16.7. The lowest BCUT2D eigenvalue weighted by Crippen LogP contribution is -2.25. The van der Waals surface area contributed by atoms with Crippen LogP contribution in [0.25, 0.3) is 0 Å². The van der Waals surface area contributed by atoms with Crippen LogP contribution < -0.4 is 14.8 Å². The standard InChI is InChI=1S/C19H23N5O3S2/c1-5-15(17(25)21-18-20-10-11-28-18)29-19-23-22-16(24(19)3)12(2)27-14-9-7-6-8-13(14)26-4/h6-12,15H,5H2,1-4H3,(H,20,21,25). The lowest BCUT2D eigenvalue weighted by molar-refractivity contribution is -0.115. The van der Waals surface area contributed by atoms with Crippen LogP contribution in [0.3, 0.4) is 0 Å². The summed E-state index contributed by atoms with van der Waals surface area (Å²) in [5, 5.41) is 14.1. The molecule has 154 valence electrons. The minimum Gasteiger partial charge on any atom is -0.493 e. The summed E-state index contributed by atoms with van der Waals surface area (Å²) in [4.78, 5) is 16.6. The number of carbonyl (C=O) groups excluding carboxylic acids is 1. The quantitative estimate of drug-likeness (QED) is 0.511. The Bertz CT molecular complexity index is 945. The summed E-state index contributed by atoms with van der Waals surface area (Å²) >= 11 is 2.76. The van der Waals surface area contributed by atoms with Crippen LogP contribution >= 0.6 is 23.1 Å². The molecule has 0 aliphatic heterocycles. The minimum absolute atomic E-state index is 0.102. The topological polar surface area (TPSA) is 91.2 Å². The normalized spacial score (nSPS) is 13.0. The maximum Gasteiger partial charge on any atom is 0.239 e. The lowest BCUT2D eigenvalue weighted by Gasteiger charge is -2.17. The Morgan fingerprint density at radius 1 is 1.31 bits per heavy atom. The van der Waals surface area contributed by atoms with Crippen molar-refractivity contribution >= 4 is 34.1 Å². The predicted molar refractivity (Wildman–Crippen MR) is 114 cm³/mol. The number of para-hydroxylation sites is 2. The number of thioether (sulfide) groups is 1. The van der Waals surface area contributed by atoms with E-state index >= 15 is 0 Å². The summed E-state index contributed by atoms with van der Waals surface area (Å²) < 4.78 is 13.2. The Morgan fingerprint density at radius 3 is 2.72 bits per heavy atom. The molecule has 2 unspecified atom stereocenters. The molecule has 3 aromatic rings. The highest BCUT2D eigenvalue weighted by atomic mass is 32.2. The van der Waals surface area contributed by atoms with E-state index in [1.165, 1.54) is 23.1 Å². The summed E-state index contributed by atoms with van der Waals surface area (Å²) in [7, 11) is 3.47. The predicted octanol–water partition coefficient (Wildman–Crippen LogP) is 3.93. The van der Waals surface area contributed by atoms with Gasteiger partial charge in [-0.3, -0.25) is 4.79 Å². The van der Waals surface area contributed by atoms with E-state index in [0.29, 0.717) is 34.0 Å². The second-order valence-corrected chi connectivity index (χ2v) is 8.22. The molecule has 0 aliphatic rings. The van der Waals surface area contributed by atoms with Crippen molar-refractivity contribution in [1.29, 1.82) is 0 Å². The van der Waals surface area contributed by atoms with Crippen molar-refractivity contribution in [3.8, 4) is 11.5 Å². The molecule has 1 N–H and O–H groups in total. The van der Waals surface area contributed by atoms with E-state index in [9.17, 15) is 4.79 Å². The van der Waals surface area contributed by atoms with E-state index in [2.05, 4.69) is 20.5 Å². The molecular formula is C19H23N5O3S2. The number of rotatable bonds is 9. The van der Waals surface area contributed by atoms with Gasteiger partial charge in [-0.1, -0.05) is 30.8 Å². The molecule has 0 radical (unpaired) electrons. The third-order valence-electron chi connectivity index (χ3n) is 4.18. The molecule has 0 spiro atoms. The SMILES string of the molecule is CCC(Sc1nnc(C(C)Oc2ccccc2OC)n1C)C(=O)Nc1nccs1. The average molecular weight is 434 g/mol. The highest BCUT2D eigenvalue weighted by Gasteiger charge is 2.24. The van der Waals surface area contributed by atoms with Gasteiger partial charge in [0, 0.05) is 18.6 Å². The summed E-state index contributed by atoms with van der Waals surface area (Å²) in [6.45, 7) is 3.86. The molecule has 0 fully saturated rings. The number of methoxy groups -OCH3 is 1. The van der Waals surface area contributed by atoms with Gasteiger partial charge in [-0.15, -0.1) is 21.5 Å². The number of hydrogen-bond donors (Lipinski definition) is 1. The molecule has 0 saturated heterocycles. The van der Waals surface area contributed by atoms with Gasteiger partial charge in [0.05, 0.1) is 12.4 Å². The third-order valence-corrected chi connectivity index (χ3v) is 6.27. The monoisotopic (exact) mass is 433 g/mol. The number of benzene rings is 1. The summed E-state index contributed by atoms with van der Waals surface area (Å²) in [6, 6.07) is 7.45. The van der Waals surface area contributed by atoms with Crippen LogP contribution in [0, 0.1) is 0 Å². The first-order valence-corrected chi connectivity index (χ1v) is 10.8. The number of nitrogens with one attached hydrogen (secondary N) is 1. The van der Waals surface area contributed by atoms with Crippen molar-refractivity contribution in [1.82, 2.24) is 19.7 Å². The van der Waals surface area contributed by atoms with Crippen LogP contribution in [0.15, 0.2) is 41.0 Å². The fourth-order valence-electron chi connectivity index (χ4n) is 2.66. The number of nitrogens with zero attached hydrogens (tertiary/aromatic N) is 4.